The van der Waals surface area contributed by atoms with E-state index >= 15 is 0 Å². The third-order valence-corrected chi connectivity index (χ3v) is 3.60. The highest BCUT2D eigenvalue weighted by atomic mass is 19.1. The molecule has 2 aromatic carbocycles. The van der Waals surface area contributed by atoms with Crippen molar-refractivity contribution in [3.63, 3.8) is 0 Å². The van der Waals surface area contributed by atoms with Crippen molar-refractivity contribution in [1.29, 1.82) is 0 Å². The summed E-state index contributed by atoms with van der Waals surface area (Å²) in [6.07, 6.45) is 0.476. The van der Waals surface area contributed by atoms with Crippen molar-refractivity contribution >= 4 is 5.69 Å². The minimum Gasteiger partial charge on any atom is -0.378 e. The molecule has 0 saturated heterocycles. The first-order chi connectivity index (χ1) is 10.0. The van der Waals surface area contributed by atoms with Crippen molar-refractivity contribution < 1.29 is 8.78 Å². The fourth-order valence-electron chi connectivity index (χ4n) is 2.30. The Labute approximate surface area is 124 Å². The van der Waals surface area contributed by atoms with Gasteiger partial charge in [-0.1, -0.05) is 18.2 Å². The van der Waals surface area contributed by atoms with Gasteiger partial charge in [0, 0.05) is 31.9 Å². The predicted octanol–water partition coefficient (Wildman–Crippen LogP) is 3.53. The van der Waals surface area contributed by atoms with Crippen LogP contribution in [0, 0.1) is 11.6 Å². The van der Waals surface area contributed by atoms with Gasteiger partial charge in [0.25, 0.3) is 0 Å². The van der Waals surface area contributed by atoms with Crippen LogP contribution in [0.2, 0.25) is 0 Å². The van der Waals surface area contributed by atoms with E-state index in [0.717, 1.165) is 17.3 Å². The zero-order valence-corrected chi connectivity index (χ0v) is 12.5. The zero-order chi connectivity index (χ0) is 15.4. The van der Waals surface area contributed by atoms with Crippen LogP contribution in [0.25, 0.3) is 0 Å². The van der Waals surface area contributed by atoms with Crippen molar-refractivity contribution in [2.45, 2.75) is 12.5 Å². The highest BCUT2D eigenvalue weighted by Crippen LogP contribution is 2.22. The Morgan fingerprint density at radius 1 is 1.05 bits per heavy atom. The zero-order valence-electron chi connectivity index (χ0n) is 12.5. The number of nitrogens with one attached hydrogen (secondary N) is 1. The topological polar surface area (TPSA) is 15.3 Å². The van der Waals surface area contributed by atoms with Crippen LogP contribution in [0.5, 0.6) is 0 Å². The molecule has 0 heterocycles. The second-order valence-corrected chi connectivity index (χ2v) is 5.27. The summed E-state index contributed by atoms with van der Waals surface area (Å²) in [7, 11) is 5.81. The van der Waals surface area contributed by atoms with Crippen LogP contribution in [0.15, 0.2) is 42.5 Å². The molecule has 0 amide bonds. The van der Waals surface area contributed by atoms with E-state index in [2.05, 4.69) is 5.32 Å². The Morgan fingerprint density at radius 3 is 2.24 bits per heavy atom. The van der Waals surface area contributed by atoms with Gasteiger partial charge in [-0.15, -0.1) is 0 Å². The van der Waals surface area contributed by atoms with E-state index in [1.165, 1.54) is 12.1 Å². The minimum atomic E-state index is -0.549. The molecule has 1 unspecified atom stereocenters. The van der Waals surface area contributed by atoms with E-state index in [9.17, 15) is 8.78 Å². The molecule has 0 radical (unpaired) electrons. The molecule has 0 aliphatic rings. The molecule has 0 bridgehead atoms. The predicted molar refractivity (Wildman–Crippen MR) is 82.6 cm³/mol. The lowest BCUT2D eigenvalue weighted by molar-refractivity contribution is 0.541. The molecule has 0 aromatic heterocycles. The summed E-state index contributed by atoms with van der Waals surface area (Å²) >= 11 is 0. The molecule has 0 saturated carbocycles. The molecule has 112 valence electrons. The SMILES string of the molecule is CNC(Cc1ccc(F)cc1F)c1ccc(N(C)C)cc1. The maximum Gasteiger partial charge on any atom is 0.129 e. The molecule has 0 spiro atoms. The molecule has 1 N–H and O–H groups in total. The van der Waals surface area contributed by atoms with Crippen molar-refractivity contribution in [3.8, 4) is 0 Å². The van der Waals surface area contributed by atoms with Crippen LogP contribution in [0.1, 0.15) is 17.2 Å². The largest absolute Gasteiger partial charge is 0.378 e. The lowest BCUT2D eigenvalue weighted by atomic mass is 9.98. The second-order valence-electron chi connectivity index (χ2n) is 5.27. The molecule has 0 aliphatic heterocycles. The lowest BCUT2D eigenvalue weighted by Gasteiger charge is -2.19. The van der Waals surface area contributed by atoms with Crippen LogP contribution in [-0.2, 0) is 6.42 Å². The molecule has 4 heteroatoms. The van der Waals surface area contributed by atoms with Gasteiger partial charge in [0.2, 0.25) is 0 Å². The molecular formula is C17H20F2N2. The summed E-state index contributed by atoms with van der Waals surface area (Å²) < 4.78 is 26.7. The molecule has 0 aliphatic carbocycles. The first-order valence-corrected chi connectivity index (χ1v) is 6.89. The van der Waals surface area contributed by atoms with Crippen molar-refractivity contribution in [1.82, 2.24) is 5.32 Å². The second kappa shape index (κ2) is 6.68. The average molecular weight is 290 g/mol. The van der Waals surface area contributed by atoms with Crippen molar-refractivity contribution in [2.75, 3.05) is 26.0 Å². The van der Waals surface area contributed by atoms with Gasteiger partial charge in [-0.25, -0.2) is 8.78 Å². The van der Waals surface area contributed by atoms with Crippen LogP contribution < -0.4 is 10.2 Å². The Balaban J connectivity index is 2.19. The monoisotopic (exact) mass is 290 g/mol. The van der Waals surface area contributed by atoms with Gasteiger partial charge in [-0.05, 0) is 42.8 Å². The summed E-state index contributed by atoms with van der Waals surface area (Å²) in [6, 6.07) is 11.8. The van der Waals surface area contributed by atoms with E-state index in [-0.39, 0.29) is 6.04 Å². The molecule has 21 heavy (non-hydrogen) atoms. The number of nitrogens with zero attached hydrogens (tertiary/aromatic N) is 1. The quantitative estimate of drug-likeness (QED) is 0.906. The van der Waals surface area contributed by atoms with E-state index in [4.69, 9.17) is 0 Å². The first-order valence-electron chi connectivity index (χ1n) is 6.89. The Morgan fingerprint density at radius 2 is 1.71 bits per heavy atom. The molecule has 0 fully saturated rings. The van der Waals surface area contributed by atoms with Gasteiger partial charge < -0.3 is 10.2 Å². The molecule has 1 atom stereocenters. The Kier molecular flexibility index (Phi) is 4.91. The normalized spacial score (nSPS) is 12.2. The molecule has 2 rings (SSSR count). The summed E-state index contributed by atoms with van der Waals surface area (Å²) in [5, 5.41) is 3.18. The fraction of sp³-hybridized carbons (Fsp3) is 0.294. The highest BCUT2D eigenvalue weighted by Gasteiger charge is 2.13. The maximum atomic E-state index is 13.8. The van der Waals surface area contributed by atoms with E-state index < -0.39 is 11.6 Å². The van der Waals surface area contributed by atoms with Crippen molar-refractivity contribution in [2.24, 2.45) is 0 Å². The first kappa shape index (κ1) is 15.4. The number of halogens is 2. The number of hydrogen-bond acceptors (Lipinski definition) is 2. The summed E-state index contributed by atoms with van der Waals surface area (Å²) in [5.74, 6) is -1.05. The summed E-state index contributed by atoms with van der Waals surface area (Å²) in [4.78, 5) is 2.03. The van der Waals surface area contributed by atoms with Gasteiger partial charge >= 0.3 is 0 Å². The van der Waals surface area contributed by atoms with Gasteiger partial charge in [0.15, 0.2) is 0 Å². The minimum absolute atomic E-state index is 0.0128. The van der Waals surface area contributed by atoms with Gasteiger partial charge in [0.05, 0.1) is 0 Å². The van der Waals surface area contributed by atoms with E-state index in [0.29, 0.717) is 12.0 Å². The Bertz CT molecular complexity index is 594. The molecular weight excluding hydrogens is 270 g/mol. The third-order valence-electron chi connectivity index (χ3n) is 3.60. The van der Waals surface area contributed by atoms with Crippen LogP contribution in [-0.4, -0.2) is 21.1 Å². The number of benzene rings is 2. The third kappa shape index (κ3) is 3.79. The van der Waals surface area contributed by atoms with Crippen molar-refractivity contribution in [3.05, 3.63) is 65.2 Å². The standard InChI is InChI=1S/C17H20F2N2/c1-20-17(10-13-4-7-14(18)11-16(13)19)12-5-8-15(9-6-12)21(2)3/h4-9,11,17,20H,10H2,1-3H3. The number of rotatable bonds is 5. The van der Waals surface area contributed by atoms with Gasteiger partial charge in [0.1, 0.15) is 11.6 Å². The van der Waals surface area contributed by atoms with Gasteiger partial charge in [-0.3, -0.25) is 0 Å². The maximum absolute atomic E-state index is 13.8. The Hall–Kier alpha value is -1.94. The fourth-order valence-corrected chi connectivity index (χ4v) is 2.30. The van der Waals surface area contributed by atoms with Crippen LogP contribution >= 0.6 is 0 Å². The van der Waals surface area contributed by atoms with Crippen LogP contribution in [0.4, 0.5) is 14.5 Å². The number of likely N-dealkylation sites (N-methyl/N-ethyl adjacent to an activating group) is 1. The average Bonchev–Trinajstić information content (AvgIpc) is 2.47. The number of anilines is 1. The number of hydrogen-bond donors (Lipinski definition) is 1. The van der Waals surface area contributed by atoms with Crippen LogP contribution in [0.3, 0.4) is 0 Å². The summed E-state index contributed by atoms with van der Waals surface area (Å²) in [5.41, 5.74) is 2.70. The molecule has 2 aromatic rings. The van der Waals surface area contributed by atoms with E-state index in [1.54, 1.807) is 0 Å². The molecule has 2 nitrogen and oxygen atoms in total. The van der Waals surface area contributed by atoms with E-state index in [1.807, 2.05) is 50.3 Å². The highest BCUT2D eigenvalue weighted by molar-refractivity contribution is 5.46. The van der Waals surface area contributed by atoms with Gasteiger partial charge in [-0.2, -0.15) is 0 Å². The lowest BCUT2D eigenvalue weighted by Crippen LogP contribution is -2.19. The summed E-state index contributed by atoms with van der Waals surface area (Å²) in [6.45, 7) is 0. The smallest absolute Gasteiger partial charge is 0.129 e.